The maximum atomic E-state index is 12.8. The van der Waals surface area contributed by atoms with Crippen LogP contribution in [-0.2, 0) is 0 Å². The lowest BCUT2D eigenvalue weighted by Crippen LogP contribution is -2.70. The number of rotatable bonds is 6. The molecule has 13 heteroatoms. The van der Waals surface area contributed by atoms with Crippen LogP contribution >= 0.6 is 0 Å². The molecule has 0 aromatic rings. The fourth-order valence-corrected chi connectivity index (χ4v) is 1.02. The average molecular weight is 346 g/mol. The Morgan fingerprint density at radius 2 is 0.905 bits per heavy atom. The van der Waals surface area contributed by atoms with Gasteiger partial charge < -0.3 is 5.11 Å². The highest BCUT2D eigenvalue weighted by molar-refractivity contribution is 5.10. The molecule has 0 aliphatic heterocycles. The number of aliphatic hydroxyl groups is 1. The van der Waals surface area contributed by atoms with E-state index in [4.69, 9.17) is 5.11 Å². The lowest BCUT2D eigenvalue weighted by atomic mass is 9.92. The first-order chi connectivity index (χ1) is 8.89. The van der Waals surface area contributed by atoms with E-state index in [1.165, 1.54) is 0 Å². The summed E-state index contributed by atoms with van der Waals surface area (Å²) < 4.78 is 150. The third-order valence-corrected chi connectivity index (χ3v) is 2.42. The van der Waals surface area contributed by atoms with Gasteiger partial charge in [0, 0.05) is 0 Å². The molecule has 0 heterocycles. The largest absolute Gasteiger partial charge is 0.387 e. The molecular weight excluding hydrogens is 340 g/mol. The van der Waals surface area contributed by atoms with Crippen LogP contribution in [0.2, 0.25) is 0 Å². The predicted octanol–water partition coefficient (Wildman–Crippen LogP) is 3.81. The fourth-order valence-electron chi connectivity index (χ4n) is 1.02. The van der Waals surface area contributed by atoms with E-state index in [1.807, 2.05) is 0 Å². The molecule has 0 aliphatic carbocycles. The van der Waals surface area contributed by atoms with Gasteiger partial charge in [0.2, 0.25) is 0 Å². The molecule has 0 aromatic heterocycles. The topological polar surface area (TPSA) is 20.2 Å². The van der Waals surface area contributed by atoms with E-state index in [0.717, 1.165) is 0 Å². The summed E-state index contributed by atoms with van der Waals surface area (Å²) in [5.74, 6) is -35.7. The van der Waals surface area contributed by atoms with Gasteiger partial charge in [-0.25, -0.2) is 8.78 Å². The van der Waals surface area contributed by atoms with E-state index in [9.17, 15) is 52.7 Å². The van der Waals surface area contributed by atoms with Crippen LogP contribution in [0, 0.1) is 0 Å². The summed E-state index contributed by atoms with van der Waals surface area (Å²) in [6, 6.07) is 0. The Bertz CT molecular complexity index is 339. The minimum atomic E-state index is -7.58. The Balaban J connectivity index is 6.09. The average Bonchev–Trinajstić information content (AvgIpc) is 2.27. The van der Waals surface area contributed by atoms with Crippen molar-refractivity contribution in [3.8, 4) is 0 Å². The molecule has 0 saturated heterocycles. The quantitative estimate of drug-likeness (QED) is 0.726. The first kappa shape index (κ1) is 20.1. The van der Waals surface area contributed by atoms with Crippen LogP contribution in [0.4, 0.5) is 52.7 Å². The summed E-state index contributed by atoms with van der Waals surface area (Å²) in [6.45, 7) is -0.215. The Morgan fingerprint density at radius 1 is 0.619 bits per heavy atom. The van der Waals surface area contributed by atoms with Gasteiger partial charge in [0.25, 0.3) is 0 Å². The van der Waals surface area contributed by atoms with Crippen LogP contribution in [0.5, 0.6) is 0 Å². The number of alkyl halides is 12. The standard InChI is InChI=1S/C8H6F12O/c1-2(21)4(11,12)6(15,16)8(19,20)7(17,18)5(13,14)3(9)10/h2-3,21H,1H3/t2-/m1/s1. The van der Waals surface area contributed by atoms with Crippen molar-refractivity contribution in [3.05, 3.63) is 0 Å². The second-order valence-corrected chi connectivity index (χ2v) is 3.95. The van der Waals surface area contributed by atoms with Gasteiger partial charge in [-0.1, -0.05) is 0 Å². The van der Waals surface area contributed by atoms with E-state index in [2.05, 4.69) is 0 Å². The molecule has 0 spiro atoms. The molecule has 1 N–H and O–H groups in total. The lowest BCUT2D eigenvalue weighted by molar-refractivity contribution is -0.419. The van der Waals surface area contributed by atoms with Gasteiger partial charge in [0.05, 0.1) is 0 Å². The van der Waals surface area contributed by atoms with Gasteiger partial charge in [-0.15, -0.1) is 0 Å². The van der Waals surface area contributed by atoms with E-state index in [0.29, 0.717) is 0 Å². The van der Waals surface area contributed by atoms with Gasteiger partial charge >= 0.3 is 36.0 Å². The van der Waals surface area contributed by atoms with Crippen molar-refractivity contribution in [2.75, 3.05) is 0 Å². The fraction of sp³-hybridized carbons (Fsp3) is 1.00. The zero-order valence-corrected chi connectivity index (χ0v) is 9.64. The number of halogens is 12. The highest BCUT2D eigenvalue weighted by atomic mass is 19.4. The minimum absolute atomic E-state index is 0.215. The second-order valence-electron chi connectivity index (χ2n) is 3.95. The van der Waals surface area contributed by atoms with Crippen molar-refractivity contribution < 1.29 is 57.8 Å². The lowest BCUT2D eigenvalue weighted by Gasteiger charge is -2.39. The summed E-state index contributed by atoms with van der Waals surface area (Å²) in [5.41, 5.74) is 0. The zero-order chi connectivity index (χ0) is 17.7. The molecule has 0 aliphatic rings. The summed E-state index contributed by atoms with van der Waals surface area (Å²) >= 11 is 0. The third-order valence-electron chi connectivity index (χ3n) is 2.42. The smallest absolute Gasteiger partial charge is 0.384 e. The Hall–Kier alpha value is -0.880. The molecule has 0 bridgehead atoms. The summed E-state index contributed by atoms with van der Waals surface area (Å²) in [5, 5.41) is 8.21. The van der Waals surface area contributed by atoms with Crippen LogP contribution in [0.15, 0.2) is 0 Å². The Morgan fingerprint density at radius 3 is 1.14 bits per heavy atom. The molecule has 21 heavy (non-hydrogen) atoms. The van der Waals surface area contributed by atoms with Crippen LogP contribution in [0.1, 0.15) is 6.92 Å². The van der Waals surface area contributed by atoms with Crippen LogP contribution in [0.25, 0.3) is 0 Å². The molecule has 0 amide bonds. The van der Waals surface area contributed by atoms with Crippen LogP contribution < -0.4 is 0 Å². The monoisotopic (exact) mass is 346 g/mol. The number of hydrogen-bond donors (Lipinski definition) is 1. The normalized spacial score (nSPS) is 17.3. The summed E-state index contributed by atoms with van der Waals surface area (Å²) in [6.07, 6.45) is -9.19. The first-order valence-corrected chi connectivity index (χ1v) is 4.74. The SMILES string of the molecule is C[C@@H](O)C(F)(F)C(F)(F)C(F)(F)C(F)(F)C(F)(F)C(F)F. The van der Waals surface area contributed by atoms with E-state index in [1.54, 1.807) is 0 Å². The zero-order valence-electron chi connectivity index (χ0n) is 9.64. The minimum Gasteiger partial charge on any atom is -0.387 e. The van der Waals surface area contributed by atoms with Gasteiger partial charge in [0.1, 0.15) is 6.10 Å². The van der Waals surface area contributed by atoms with E-state index in [-0.39, 0.29) is 6.92 Å². The molecule has 0 aromatic carbocycles. The van der Waals surface area contributed by atoms with Gasteiger partial charge in [-0.2, -0.15) is 43.9 Å². The highest BCUT2D eigenvalue weighted by Crippen LogP contribution is 2.58. The molecule has 0 fully saturated rings. The van der Waals surface area contributed by atoms with Crippen molar-refractivity contribution in [2.45, 2.75) is 49.1 Å². The van der Waals surface area contributed by atoms with Gasteiger partial charge in [-0.3, -0.25) is 0 Å². The Labute approximate surface area is 108 Å². The second kappa shape index (κ2) is 5.09. The Kier molecular flexibility index (Phi) is 4.88. The van der Waals surface area contributed by atoms with Crippen molar-refractivity contribution in [2.24, 2.45) is 0 Å². The van der Waals surface area contributed by atoms with E-state index >= 15 is 0 Å². The molecule has 1 nitrogen and oxygen atoms in total. The van der Waals surface area contributed by atoms with Gasteiger partial charge in [0.15, 0.2) is 0 Å². The molecule has 128 valence electrons. The summed E-state index contributed by atoms with van der Waals surface area (Å²) in [4.78, 5) is 0. The molecular formula is C8H6F12O. The maximum Gasteiger partial charge on any atom is 0.384 e. The molecule has 0 radical (unpaired) electrons. The number of hydrogen-bond acceptors (Lipinski definition) is 1. The first-order valence-electron chi connectivity index (χ1n) is 4.74. The van der Waals surface area contributed by atoms with E-state index < -0.39 is 42.1 Å². The predicted molar refractivity (Wildman–Crippen MR) is 42.4 cm³/mol. The van der Waals surface area contributed by atoms with Crippen molar-refractivity contribution in [1.29, 1.82) is 0 Å². The van der Waals surface area contributed by atoms with Crippen molar-refractivity contribution in [3.63, 3.8) is 0 Å². The van der Waals surface area contributed by atoms with Crippen LogP contribution in [-0.4, -0.2) is 47.2 Å². The van der Waals surface area contributed by atoms with Crippen LogP contribution in [0.3, 0.4) is 0 Å². The maximum absolute atomic E-state index is 12.8. The van der Waals surface area contributed by atoms with Crippen molar-refractivity contribution >= 4 is 0 Å². The third kappa shape index (κ3) is 2.52. The number of aliphatic hydroxyl groups excluding tert-OH is 1. The summed E-state index contributed by atoms with van der Waals surface area (Å²) in [7, 11) is 0. The van der Waals surface area contributed by atoms with Gasteiger partial charge in [-0.05, 0) is 6.92 Å². The molecule has 1 atom stereocenters. The molecule has 0 unspecified atom stereocenters. The molecule has 0 rings (SSSR count). The molecule has 0 saturated carbocycles. The highest BCUT2D eigenvalue weighted by Gasteiger charge is 2.88. The van der Waals surface area contributed by atoms with Crippen molar-refractivity contribution in [1.82, 2.24) is 0 Å².